The van der Waals surface area contributed by atoms with Crippen LogP contribution in [0.2, 0.25) is 0 Å². The molecule has 0 aromatic heterocycles. The maximum atomic E-state index is 11.5. The molecule has 4 fully saturated rings. The average molecular weight is 250 g/mol. The van der Waals surface area contributed by atoms with Crippen molar-refractivity contribution >= 4 is 11.8 Å². The summed E-state index contributed by atoms with van der Waals surface area (Å²) in [6.07, 6.45) is 7.82. The minimum Gasteiger partial charge on any atom is -0.361 e. The molecule has 0 radical (unpaired) electrons. The molecule has 4 nitrogen and oxygen atoms in total. The lowest BCUT2D eigenvalue weighted by Crippen LogP contribution is -2.57. The van der Waals surface area contributed by atoms with Crippen molar-refractivity contribution in [1.82, 2.24) is 5.32 Å². The minimum absolute atomic E-state index is 0.0749. The Hall–Kier alpha value is -1.06. The normalized spacial score (nSPS) is 42.6. The lowest BCUT2D eigenvalue weighted by atomic mass is 9.48. The van der Waals surface area contributed by atoms with Gasteiger partial charge in [0.05, 0.1) is 0 Å². The molecule has 4 bridgehead atoms. The highest BCUT2D eigenvalue weighted by Crippen LogP contribution is 2.61. The second-order valence-corrected chi connectivity index (χ2v) is 6.84. The third-order valence-corrected chi connectivity index (χ3v) is 5.58. The fraction of sp³-hybridized carbons (Fsp3) is 0.857. The van der Waals surface area contributed by atoms with Crippen molar-refractivity contribution in [3.8, 4) is 0 Å². The summed E-state index contributed by atoms with van der Waals surface area (Å²) in [5.41, 5.74) is 5.26. The van der Waals surface area contributed by atoms with E-state index in [1.165, 1.54) is 38.5 Å². The number of nitrogens with two attached hydrogens (primary N) is 1. The van der Waals surface area contributed by atoms with Crippen LogP contribution in [-0.2, 0) is 9.59 Å². The number of nitrogens with one attached hydrogen (secondary N) is 1. The van der Waals surface area contributed by atoms with Gasteiger partial charge in [-0.15, -0.1) is 0 Å². The van der Waals surface area contributed by atoms with Gasteiger partial charge in [-0.1, -0.05) is 0 Å². The third kappa shape index (κ3) is 1.82. The van der Waals surface area contributed by atoms with Crippen molar-refractivity contribution in [2.45, 2.75) is 51.5 Å². The predicted molar refractivity (Wildman–Crippen MR) is 67.4 cm³/mol. The van der Waals surface area contributed by atoms with Crippen LogP contribution in [0, 0.1) is 23.2 Å². The number of carbonyl (C=O) groups is 2. The van der Waals surface area contributed by atoms with Gasteiger partial charge in [0.1, 0.15) is 0 Å². The van der Waals surface area contributed by atoms with Crippen LogP contribution in [0.4, 0.5) is 0 Å². The van der Waals surface area contributed by atoms with Crippen LogP contribution in [0.25, 0.3) is 0 Å². The van der Waals surface area contributed by atoms with Gasteiger partial charge in [0, 0.05) is 6.04 Å². The van der Waals surface area contributed by atoms with Crippen LogP contribution in [0.5, 0.6) is 0 Å². The first-order chi connectivity index (χ1) is 8.48. The Morgan fingerprint density at radius 2 is 1.56 bits per heavy atom. The highest BCUT2D eigenvalue weighted by Gasteiger charge is 2.53. The fourth-order valence-electron chi connectivity index (χ4n) is 5.13. The van der Waals surface area contributed by atoms with Gasteiger partial charge in [-0.25, -0.2) is 0 Å². The van der Waals surface area contributed by atoms with Crippen LogP contribution >= 0.6 is 0 Å². The first kappa shape index (κ1) is 12.0. The van der Waals surface area contributed by atoms with E-state index in [1.54, 1.807) is 0 Å². The SMILES string of the molecule is CC(NC(=O)C(N)=O)C12CC3CC(CC(C3)C1)C2. The lowest BCUT2D eigenvalue weighted by molar-refractivity contribution is -0.139. The van der Waals surface area contributed by atoms with Gasteiger partial charge in [-0.2, -0.15) is 0 Å². The third-order valence-electron chi connectivity index (χ3n) is 5.58. The molecule has 18 heavy (non-hydrogen) atoms. The fourth-order valence-corrected chi connectivity index (χ4v) is 5.13. The molecule has 4 aliphatic rings. The minimum atomic E-state index is -0.869. The van der Waals surface area contributed by atoms with Gasteiger partial charge in [-0.3, -0.25) is 9.59 Å². The van der Waals surface area contributed by atoms with Crippen LogP contribution < -0.4 is 11.1 Å². The highest BCUT2D eigenvalue weighted by molar-refractivity contribution is 6.34. The summed E-state index contributed by atoms with van der Waals surface area (Å²) in [7, 11) is 0. The van der Waals surface area contributed by atoms with Gasteiger partial charge in [0.25, 0.3) is 0 Å². The van der Waals surface area contributed by atoms with E-state index in [0.29, 0.717) is 0 Å². The maximum absolute atomic E-state index is 11.5. The first-order valence-electron chi connectivity index (χ1n) is 7.09. The summed E-state index contributed by atoms with van der Waals surface area (Å²) in [6, 6.07) is 0.0749. The zero-order chi connectivity index (χ0) is 12.9. The van der Waals surface area contributed by atoms with Crippen molar-refractivity contribution in [2.75, 3.05) is 0 Å². The number of rotatable bonds is 2. The van der Waals surface area contributed by atoms with Gasteiger partial charge < -0.3 is 11.1 Å². The second kappa shape index (κ2) is 3.97. The Morgan fingerprint density at radius 3 is 1.94 bits per heavy atom. The summed E-state index contributed by atoms with van der Waals surface area (Å²) in [5, 5.41) is 2.82. The van der Waals surface area contributed by atoms with Crippen LogP contribution in [-0.4, -0.2) is 17.9 Å². The number of amides is 2. The largest absolute Gasteiger partial charge is 0.361 e. The van der Waals surface area contributed by atoms with E-state index in [4.69, 9.17) is 5.73 Å². The first-order valence-corrected chi connectivity index (χ1v) is 7.09. The molecule has 4 aliphatic carbocycles. The average Bonchev–Trinajstić information content (AvgIpc) is 2.26. The van der Waals surface area contributed by atoms with E-state index in [1.807, 2.05) is 6.92 Å². The van der Waals surface area contributed by atoms with Crippen LogP contribution in [0.3, 0.4) is 0 Å². The molecule has 0 aliphatic heterocycles. The molecule has 0 aromatic rings. The Kier molecular flexibility index (Phi) is 2.65. The van der Waals surface area contributed by atoms with E-state index < -0.39 is 11.8 Å². The molecule has 0 saturated heterocycles. The Labute approximate surface area is 108 Å². The summed E-state index contributed by atoms with van der Waals surface area (Å²) in [5.74, 6) is 1.06. The number of carbonyl (C=O) groups excluding carboxylic acids is 2. The Bertz CT molecular complexity index is 356. The van der Waals surface area contributed by atoms with Crippen molar-refractivity contribution in [1.29, 1.82) is 0 Å². The van der Waals surface area contributed by atoms with Crippen molar-refractivity contribution in [3.05, 3.63) is 0 Å². The Balaban J connectivity index is 1.74. The van der Waals surface area contributed by atoms with Crippen molar-refractivity contribution in [2.24, 2.45) is 28.9 Å². The topological polar surface area (TPSA) is 72.2 Å². The molecule has 0 spiro atoms. The predicted octanol–water partition coefficient (Wildman–Crippen LogP) is 1.19. The summed E-state index contributed by atoms with van der Waals surface area (Å²) >= 11 is 0. The monoisotopic (exact) mass is 250 g/mol. The molecule has 4 heteroatoms. The second-order valence-electron chi connectivity index (χ2n) is 6.84. The van der Waals surface area contributed by atoms with Crippen LogP contribution in [0.15, 0.2) is 0 Å². The molecular weight excluding hydrogens is 228 g/mol. The molecule has 100 valence electrons. The smallest absolute Gasteiger partial charge is 0.309 e. The van der Waals surface area contributed by atoms with Gasteiger partial charge in [0.2, 0.25) is 0 Å². The molecule has 1 atom stereocenters. The maximum Gasteiger partial charge on any atom is 0.309 e. The zero-order valence-corrected chi connectivity index (χ0v) is 10.9. The van der Waals surface area contributed by atoms with Gasteiger partial charge >= 0.3 is 11.8 Å². The number of primary amides is 1. The lowest BCUT2D eigenvalue weighted by Gasteiger charge is -2.59. The number of hydrogen-bond acceptors (Lipinski definition) is 2. The molecule has 3 N–H and O–H groups in total. The number of hydrogen-bond donors (Lipinski definition) is 2. The van der Waals surface area contributed by atoms with E-state index in [-0.39, 0.29) is 11.5 Å². The summed E-state index contributed by atoms with van der Waals surface area (Å²) < 4.78 is 0. The molecular formula is C14H22N2O2. The molecule has 1 unspecified atom stereocenters. The van der Waals surface area contributed by atoms with E-state index in [9.17, 15) is 9.59 Å². The van der Waals surface area contributed by atoms with E-state index in [2.05, 4.69) is 5.32 Å². The van der Waals surface area contributed by atoms with Crippen molar-refractivity contribution < 1.29 is 9.59 Å². The van der Waals surface area contributed by atoms with Gasteiger partial charge in [-0.05, 0) is 68.6 Å². The molecule has 4 saturated carbocycles. The van der Waals surface area contributed by atoms with Crippen LogP contribution in [0.1, 0.15) is 45.4 Å². The summed E-state index contributed by atoms with van der Waals surface area (Å²) in [6.45, 7) is 2.05. The zero-order valence-electron chi connectivity index (χ0n) is 10.9. The summed E-state index contributed by atoms with van der Waals surface area (Å²) in [4.78, 5) is 22.3. The Morgan fingerprint density at radius 1 is 1.11 bits per heavy atom. The molecule has 0 heterocycles. The van der Waals surface area contributed by atoms with E-state index in [0.717, 1.165) is 17.8 Å². The quantitative estimate of drug-likeness (QED) is 0.723. The molecule has 4 rings (SSSR count). The van der Waals surface area contributed by atoms with Crippen molar-refractivity contribution in [3.63, 3.8) is 0 Å². The molecule has 0 aromatic carbocycles. The van der Waals surface area contributed by atoms with E-state index >= 15 is 0 Å². The molecule has 2 amide bonds. The standard InChI is InChI=1S/C14H22N2O2/c1-8(16-13(18)12(15)17)14-5-9-2-10(6-14)4-11(3-9)7-14/h8-11H,2-7H2,1H3,(H2,15,17)(H,16,18). The highest BCUT2D eigenvalue weighted by atomic mass is 16.2. The van der Waals surface area contributed by atoms with Gasteiger partial charge in [0.15, 0.2) is 0 Å².